The van der Waals surface area contributed by atoms with E-state index in [2.05, 4.69) is 0 Å². The van der Waals surface area contributed by atoms with Gasteiger partial charge in [0.15, 0.2) is 23.3 Å². The Kier molecular flexibility index (Phi) is 6.19. The number of hydrogen-bond acceptors (Lipinski definition) is 5. The summed E-state index contributed by atoms with van der Waals surface area (Å²) in [5.74, 6) is -8.50. The first-order chi connectivity index (χ1) is 15.1. The van der Waals surface area contributed by atoms with Gasteiger partial charge in [-0.2, -0.15) is 0 Å². The summed E-state index contributed by atoms with van der Waals surface area (Å²) in [6.07, 6.45) is 0. The second-order valence-electron chi connectivity index (χ2n) is 6.39. The summed E-state index contributed by atoms with van der Waals surface area (Å²) in [7, 11) is 1.20. The van der Waals surface area contributed by atoms with Gasteiger partial charge in [0, 0.05) is 29.8 Å². The van der Waals surface area contributed by atoms with Crippen LogP contribution in [-0.4, -0.2) is 29.1 Å². The summed E-state index contributed by atoms with van der Waals surface area (Å²) >= 11 is 0. The predicted molar refractivity (Wildman–Crippen MR) is 105 cm³/mol. The number of nitrogens with one attached hydrogen (secondary N) is 2. The molecule has 0 heterocycles. The summed E-state index contributed by atoms with van der Waals surface area (Å²) in [5, 5.41) is 22.3. The van der Waals surface area contributed by atoms with E-state index in [0.29, 0.717) is 24.3 Å². The molecule has 3 aromatic carbocycles. The monoisotopic (exact) mass is 450 g/mol. The topological polar surface area (TPSA) is 108 Å². The molecule has 166 valence electrons. The second kappa shape index (κ2) is 8.84. The molecule has 3 rings (SSSR count). The summed E-state index contributed by atoms with van der Waals surface area (Å²) in [4.78, 5) is 25.1. The molecule has 0 saturated heterocycles. The molecule has 0 aliphatic heterocycles. The minimum atomic E-state index is -1.25. The van der Waals surface area contributed by atoms with Crippen molar-refractivity contribution in [3.05, 3.63) is 76.9 Å². The molecule has 0 aliphatic carbocycles. The number of amides is 2. The highest BCUT2D eigenvalue weighted by molar-refractivity contribution is 6.10. The first kappa shape index (κ1) is 22.4. The second-order valence-corrected chi connectivity index (χ2v) is 6.39. The van der Waals surface area contributed by atoms with E-state index < -0.39 is 58.0 Å². The van der Waals surface area contributed by atoms with Crippen molar-refractivity contribution in [3.63, 3.8) is 0 Å². The largest absolute Gasteiger partial charge is 0.508 e. The van der Waals surface area contributed by atoms with Crippen LogP contribution in [0.1, 0.15) is 20.7 Å². The van der Waals surface area contributed by atoms with Gasteiger partial charge in [0.2, 0.25) is 0 Å². The fourth-order valence-corrected chi connectivity index (χ4v) is 2.75. The van der Waals surface area contributed by atoms with E-state index in [9.17, 15) is 37.4 Å². The van der Waals surface area contributed by atoms with Crippen molar-refractivity contribution in [3.8, 4) is 17.2 Å². The van der Waals surface area contributed by atoms with Gasteiger partial charge in [-0.3, -0.25) is 9.59 Å². The molecule has 3 aromatic rings. The van der Waals surface area contributed by atoms with Crippen LogP contribution in [0.3, 0.4) is 0 Å². The lowest BCUT2D eigenvalue weighted by Gasteiger charge is -2.13. The maximum absolute atomic E-state index is 13.9. The van der Waals surface area contributed by atoms with E-state index in [-0.39, 0.29) is 16.9 Å². The number of rotatable bonds is 5. The number of hydrogen-bond donors (Lipinski definition) is 4. The lowest BCUT2D eigenvalue weighted by molar-refractivity contribution is 0.102. The lowest BCUT2D eigenvalue weighted by Crippen LogP contribution is -2.18. The number of anilines is 2. The van der Waals surface area contributed by atoms with Crippen LogP contribution < -0.4 is 15.4 Å². The van der Waals surface area contributed by atoms with Crippen LogP contribution in [0.4, 0.5) is 28.9 Å². The van der Waals surface area contributed by atoms with E-state index in [1.165, 1.54) is 19.2 Å². The fraction of sp³-hybridized carbons (Fsp3) is 0.0476. The van der Waals surface area contributed by atoms with Crippen LogP contribution in [0.5, 0.6) is 17.2 Å². The number of ether oxygens (including phenoxy) is 1. The van der Waals surface area contributed by atoms with Crippen molar-refractivity contribution < 1.29 is 42.1 Å². The quantitative estimate of drug-likeness (QED) is 0.345. The summed E-state index contributed by atoms with van der Waals surface area (Å²) in [5.41, 5.74) is -2.24. The van der Waals surface area contributed by atoms with Gasteiger partial charge in [-0.1, -0.05) is 0 Å². The van der Waals surface area contributed by atoms with E-state index in [0.717, 1.165) is 6.07 Å². The average molecular weight is 450 g/mol. The number of phenols is 2. The minimum absolute atomic E-state index is 0.0689. The highest BCUT2D eigenvalue weighted by Gasteiger charge is 2.21. The number of halogens is 4. The van der Waals surface area contributed by atoms with Gasteiger partial charge in [-0.25, -0.2) is 17.6 Å². The summed E-state index contributed by atoms with van der Waals surface area (Å²) in [6, 6.07) is 5.70. The molecular weight excluding hydrogens is 436 g/mol. The minimum Gasteiger partial charge on any atom is -0.508 e. The molecule has 0 atom stereocenters. The van der Waals surface area contributed by atoms with Gasteiger partial charge in [0.1, 0.15) is 28.6 Å². The zero-order valence-corrected chi connectivity index (χ0v) is 16.2. The van der Waals surface area contributed by atoms with Crippen molar-refractivity contribution in [2.75, 3.05) is 17.7 Å². The third kappa shape index (κ3) is 4.56. The maximum atomic E-state index is 13.9. The zero-order chi connectivity index (χ0) is 23.6. The molecule has 32 heavy (non-hydrogen) atoms. The fourth-order valence-electron chi connectivity index (χ4n) is 2.75. The maximum Gasteiger partial charge on any atom is 0.259 e. The van der Waals surface area contributed by atoms with Crippen molar-refractivity contribution in [1.82, 2.24) is 0 Å². The molecule has 2 amide bonds. The Morgan fingerprint density at radius 1 is 0.750 bits per heavy atom. The first-order valence-electron chi connectivity index (χ1n) is 8.77. The molecule has 0 saturated carbocycles. The van der Waals surface area contributed by atoms with Crippen LogP contribution in [0, 0.1) is 23.3 Å². The van der Waals surface area contributed by atoms with Gasteiger partial charge in [-0.15, -0.1) is 0 Å². The van der Waals surface area contributed by atoms with Crippen LogP contribution in [-0.2, 0) is 0 Å². The van der Waals surface area contributed by atoms with Crippen molar-refractivity contribution in [2.24, 2.45) is 0 Å². The Morgan fingerprint density at radius 2 is 1.19 bits per heavy atom. The molecule has 0 unspecified atom stereocenters. The molecule has 0 spiro atoms. The van der Waals surface area contributed by atoms with Crippen molar-refractivity contribution in [1.29, 1.82) is 0 Å². The van der Waals surface area contributed by atoms with Crippen LogP contribution in [0.25, 0.3) is 0 Å². The van der Waals surface area contributed by atoms with Gasteiger partial charge in [-0.05, 0) is 18.2 Å². The summed E-state index contributed by atoms with van der Waals surface area (Å²) < 4.78 is 60.6. The molecule has 4 N–H and O–H groups in total. The van der Waals surface area contributed by atoms with Crippen LogP contribution in [0.15, 0.2) is 42.5 Å². The summed E-state index contributed by atoms with van der Waals surface area (Å²) in [6.45, 7) is 0. The Bertz CT molecular complexity index is 1190. The predicted octanol–water partition coefficient (Wildman–Crippen LogP) is 4.17. The zero-order valence-electron chi connectivity index (χ0n) is 16.2. The molecular formula is C21H14F4N2O5. The number of carbonyl (C=O) groups is 2. The number of carbonyl (C=O) groups excluding carboxylic acids is 2. The third-order valence-corrected chi connectivity index (χ3v) is 4.24. The number of methoxy groups -OCH3 is 1. The standard InChI is InChI=1S/C21H14F4N2O5/c1-32-17-3-2-9(20(30)26-18-13(22)5-10(28)6-14(18)23)4-12(17)21(31)27-19-15(24)7-11(29)8-16(19)25/h2-8,28-29H,1H3,(H,26,30)(H,27,31). The molecule has 11 heteroatoms. The van der Waals surface area contributed by atoms with E-state index in [1.54, 1.807) is 0 Å². The van der Waals surface area contributed by atoms with Crippen molar-refractivity contribution >= 4 is 23.2 Å². The highest BCUT2D eigenvalue weighted by Crippen LogP contribution is 2.28. The smallest absolute Gasteiger partial charge is 0.259 e. The van der Waals surface area contributed by atoms with Gasteiger partial charge >= 0.3 is 0 Å². The Labute approximate surface area is 177 Å². The Hall–Kier alpha value is -4.28. The van der Waals surface area contributed by atoms with Crippen LogP contribution in [0.2, 0.25) is 0 Å². The number of benzene rings is 3. The molecule has 0 fully saturated rings. The van der Waals surface area contributed by atoms with Gasteiger partial charge in [0.25, 0.3) is 11.8 Å². The Balaban J connectivity index is 1.92. The molecule has 7 nitrogen and oxygen atoms in total. The lowest BCUT2D eigenvalue weighted by atomic mass is 10.1. The SMILES string of the molecule is COc1ccc(C(=O)Nc2c(F)cc(O)cc2F)cc1C(=O)Nc1c(F)cc(O)cc1F. The van der Waals surface area contributed by atoms with E-state index in [1.807, 2.05) is 10.6 Å². The average Bonchev–Trinajstić information content (AvgIpc) is 2.72. The molecule has 0 aromatic heterocycles. The van der Waals surface area contributed by atoms with Crippen molar-refractivity contribution in [2.45, 2.75) is 0 Å². The molecule has 0 bridgehead atoms. The Morgan fingerprint density at radius 3 is 1.62 bits per heavy atom. The third-order valence-electron chi connectivity index (χ3n) is 4.24. The van der Waals surface area contributed by atoms with E-state index in [4.69, 9.17) is 4.74 Å². The van der Waals surface area contributed by atoms with Gasteiger partial charge in [0.05, 0.1) is 12.7 Å². The normalized spacial score (nSPS) is 10.5. The number of phenolic OH excluding ortho intramolecular Hbond substituents is 2. The van der Waals surface area contributed by atoms with Gasteiger partial charge < -0.3 is 25.6 Å². The molecule has 0 aliphatic rings. The molecule has 0 radical (unpaired) electrons. The first-order valence-corrected chi connectivity index (χ1v) is 8.77. The van der Waals surface area contributed by atoms with Crippen LogP contribution >= 0.6 is 0 Å². The van der Waals surface area contributed by atoms with E-state index >= 15 is 0 Å². The highest BCUT2D eigenvalue weighted by atomic mass is 19.1. The number of aromatic hydroxyl groups is 2.